The van der Waals surface area contributed by atoms with Crippen molar-refractivity contribution in [1.29, 1.82) is 0 Å². The van der Waals surface area contributed by atoms with Gasteiger partial charge < -0.3 is 10.2 Å². The van der Waals surface area contributed by atoms with E-state index in [1.54, 1.807) is 27.8 Å². The minimum Gasteiger partial charge on any atom is -0.355 e. The maximum Gasteiger partial charge on any atom is 0.253 e. The Morgan fingerprint density at radius 1 is 1.15 bits per heavy atom. The Morgan fingerprint density at radius 2 is 1.96 bits per heavy atom. The Labute approximate surface area is 157 Å². The Balaban J connectivity index is 1.56. The molecule has 4 rings (SSSR count). The Kier molecular flexibility index (Phi) is 4.35. The van der Waals surface area contributed by atoms with Crippen molar-refractivity contribution in [2.45, 2.75) is 25.3 Å². The summed E-state index contributed by atoms with van der Waals surface area (Å²) >= 11 is 0. The second-order valence-electron chi connectivity index (χ2n) is 6.83. The zero-order valence-corrected chi connectivity index (χ0v) is 15.4. The summed E-state index contributed by atoms with van der Waals surface area (Å²) in [5, 5.41) is 20.0. The van der Waals surface area contributed by atoms with Crippen molar-refractivity contribution < 1.29 is 4.79 Å². The lowest BCUT2D eigenvalue weighted by Gasteiger charge is -2.40. The molecule has 3 aromatic heterocycles. The van der Waals surface area contributed by atoms with E-state index in [-0.39, 0.29) is 5.91 Å². The van der Waals surface area contributed by atoms with E-state index in [1.165, 1.54) is 0 Å². The largest absolute Gasteiger partial charge is 0.355 e. The van der Waals surface area contributed by atoms with Crippen LogP contribution in [0.4, 0.5) is 11.6 Å². The van der Waals surface area contributed by atoms with Crippen molar-refractivity contribution in [3.63, 3.8) is 0 Å². The van der Waals surface area contributed by atoms with Gasteiger partial charge in [0.25, 0.3) is 5.91 Å². The van der Waals surface area contributed by atoms with Crippen molar-refractivity contribution in [3.8, 4) is 0 Å². The standard InChI is InChI=1S/C18H22N8O/c1-14-4-5-16(22-21-14)25-12-7-18(8-13-25,26-10-3-9-19-26)17(27)20-15-6-11-24(2)23-15/h3-6,9-11H,7-8,12-13H2,1-2H3,(H,20,23,27). The van der Waals surface area contributed by atoms with Crippen molar-refractivity contribution >= 4 is 17.5 Å². The highest BCUT2D eigenvalue weighted by Gasteiger charge is 2.44. The topological polar surface area (TPSA) is 93.8 Å². The van der Waals surface area contributed by atoms with Gasteiger partial charge in [0.05, 0.1) is 5.69 Å². The highest BCUT2D eigenvalue weighted by molar-refractivity contribution is 5.96. The molecule has 4 heterocycles. The number of aromatic nitrogens is 6. The lowest BCUT2D eigenvalue weighted by Crippen LogP contribution is -2.53. The first-order valence-electron chi connectivity index (χ1n) is 8.93. The van der Waals surface area contributed by atoms with Crippen LogP contribution in [0.1, 0.15) is 18.5 Å². The number of rotatable bonds is 4. The quantitative estimate of drug-likeness (QED) is 0.749. The van der Waals surface area contributed by atoms with Crippen LogP contribution in [0, 0.1) is 6.92 Å². The van der Waals surface area contributed by atoms with E-state index in [0.29, 0.717) is 31.7 Å². The van der Waals surface area contributed by atoms with Crippen LogP contribution in [-0.2, 0) is 17.4 Å². The first kappa shape index (κ1) is 17.2. The highest BCUT2D eigenvalue weighted by Crippen LogP contribution is 2.32. The van der Waals surface area contributed by atoms with E-state index in [2.05, 4.69) is 30.6 Å². The molecule has 0 bridgehead atoms. The van der Waals surface area contributed by atoms with Gasteiger partial charge in [-0.15, -0.1) is 5.10 Å². The van der Waals surface area contributed by atoms with E-state index in [4.69, 9.17) is 0 Å². The highest BCUT2D eigenvalue weighted by atomic mass is 16.2. The molecule has 1 aliphatic heterocycles. The molecule has 27 heavy (non-hydrogen) atoms. The molecular formula is C18H22N8O. The molecule has 0 saturated carbocycles. The van der Waals surface area contributed by atoms with Gasteiger partial charge in [0.2, 0.25) is 0 Å². The number of hydrogen-bond acceptors (Lipinski definition) is 6. The van der Waals surface area contributed by atoms with Gasteiger partial charge in [-0.3, -0.25) is 14.2 Å². The van der Waals surface area contributed by atoms with Crippen LogP contribution in [0.25, 0.3) is 0 Å². The van der Waals surface area contributed by atoms with E-state index in [1.807, 2.05) is 38.4 Å². The van der Waals surface area contributed by atoms with Crippen molar-refractivity contribution in [2.75, 3.05) is 23.3 Å². The number of nitrogens with one attached hydrogen (secondary N) is 1. The average Bonchev–Trinajstić information content (AvgIpc) is 3.35. The van der Waals surface area contributed by atoms with Gasteiger partial charge in [-0.2, -0.15) is 15.3 Å². The van der Waals surface area contributed by atoms with E-state index in [0.717, 1.165) is 11.5 Å². The van der Waals surface area contributed by atoms with Gasteiger partial charge in [-0.1, -0.05) is 0 Å². The normalized spacial score (nSPS) is 16.3. The summed E-state index contributed by atoms with van der Waals surface area (Å²) in [4.78, 5) is 15.4. The third kappa shape index (κ3) is 3.27. The zero-order chi connectivity index (χ0) is 18.9. The first-order chi connectivity index (χ1) is 13.1. The predicted molar refractivity (Wildman–Crippen MR) is 100 cm³/mol. The van der Waals surface area contributed by atoms with Crippen molar-refractivity contribution in [1.82, 2.24) is 29.8 Å². The van der Waals surface area contributed by atoms with Crippen molar-refractivity contribution in [2.24, 2.45) is 7.05 Å². The second-order valence-corrected chi connectivity index (χ2v) is 6.83. The van der Waals surface area contributed by atoms with Crippen LogP contribution in [-0.4, -0.2) is 48.8 Å². The molecule has 9 heteroatoms. The summed E-state index contributed by atoms with van der Waals surface area (Å²) in [7, 11) is 1.82. The third-order valence-corrected chi connectivity index (χ3v) is 5.02. The Hall–Kier alpha value is -3.23. The molecule has 0 aliphatic carbocycles. The summed E-state index contributed by atoms with van der Waals surface area (Å²) in [6, 6.07) is 7.54. The number of amides is 1. The minimum absolute atomic E-state index is 0.0976. The third-order valence-electron chi connectivity index (χ3n) is 5.02. The molecule has 1 saturated heterocycles. The summed E-state index contributed by atoms with van der Waals surface area (Å²) in [5.74, 6) is 1.28. The molecule has 0 aromatic carbocycles. The fraction of sp³-hybridized carbons (Fsp3) is 0.389. The Morgan fingerprint density at radius 3 is 2.56 bits per heavy atom. The summed E-state index contributed by atoms with van der Waals surface area (Å²) < 4.78 is 3.43. The monoisotopic (exact) mass is 366 g/mol. The number of carbonyl (C=O) groups excluding carboxylic acids is 1. The van der Waals surface area contributed by atoms with Crippen LogP contribution in [0.15, 0.2) is 42.9 Å². The number of nitrogens with zero attached hydrogens (tertiary/aromatic N) is 7. The van der Waals surface area contributed by atoms with Gasteiger partial charge in [0, 0.05) is 44.8 Å². The smallest absolute Gasteiger partial charge is 0.253 e. The van der Waals surface area contributed by atoms with Crippen molar-refractivity contribution in [3.05, 3.63) is 48.5 Å². The fourth-order valence-electron chi connectivity index (χ4n) is 3.46. The lowest BCUT2D eigenvalue weighted by molar-refractivity contribution is -0.126. The van der Waals surface area contributed by atoms with E-state index in [9.17, 15) is 4.79 Å². The number of carbonyl (C=O) groups is 1. The molecule has 140 valence electrons. The number of aryl methyl sites for hydroxylation is 2. The fourth-order valence-corrected chi connectivity index (χ4v) is 3.46. The number of anilines is 2. The molecule has 1 aliphatic rings. The number of piperidine rings is 1. The van der Waals surface area contributed by atoms with E-state index >= 15 is 0 Å². The molecule has 3 aromatic rings. The van der Waals surface area contributed by atoms with Gasteiger partial charge in [-0.05, 0) is 38.0 Å². The second kappa shape index (κ2) is 6.82. The summed E-state index contributed by atoms with van der Waals surface area (Å²) in [5.41, 5.74) is 0.131. The Bertz CT molecular complexity index is 907. The summed E-state index contributed by atoms with van der Waals surface area (Å²) in [6.45, 7) is 3.29. The van der Waals surface area contributed by atoms with Crippen LogP contribution < -0.4 is 10.2 Å². The van der Waals surface area contributed by atoms with E-state index < -0.39 is 5.54 Å². The molecule has 0 atom stereocenters. The van der Waals surface area contributed by atoms with Crippen LogP contribution in [0.3, 0.4) is 0 Å². The molecule has 0 spiro atoms. The van der Waals surface area contributed by atoms with Gasteiger partial charge >= 0.3 is 0 Å². The maximum atomic E-state index is 13.2. The van der Waals surface area contributed by atoms with Gasteiger partial charge in [-0.25, -0.2) is 0 Å². The van der Waals surface area contributed by atoms with Crippen LogP contribution >= 0.6 is 0 Å². The average molecular weight is 366 g/mol. The zero-order valence-electron chi connectivity index (χ0n) is 15.4. The van der Waals surface area contributed by atoms with Gasteiger partial charge in [0.1, 0.15) is 5.54 Å². The lowest BCUT2D eigenvalue weighted by atomic mass is 9.86. The van der Waals surface area contributed by atoms with Gasteiger partial charge in [0.15, 0.2) is 11.6 Å². The molecule has 1 fully saturated rings. The number of hydrogen-bond donors (Lipinski definition) is 1. The van der Waals surface area contributed by atoms with Crippen LogP contribution in [0.2, 0.25) is 0 Å². The predicted octanol–water partition coefficient (Wildman–Crippen LogP) is 1.35. The summed E-state index contributed by atoms with van der Waals surface area (Å²) in [6.07, 6.45) is 6.58. The molecule has 0 unspecified atom stereocenters. The first-order valence-corrected chi connectivity index (χ1v) is 8.93. The molecular weight excluding hydrogens is 344 g/mol. The molecule has 1 amide bonds. The van der Waals surface area contributed by atoms with Crippen LogP contribution in [0.5, 0.6) is 0 Å². The SMILES string of the molecule is Cc1ccc(N2CCC(C(=O)Nc3ccn(C)n3)(n3cccn3)CC2)nn1. The molecule has 1 N–H and O–H groups in total. The molecule has 0 radical (unpaired) electrons. The minimum atomic E-state index is -0.754. The molecule has 9 nitrogen and oxygen atoms in total. The maximum absolute atomic E-state index is 13.2.